The first kappa shape index (κ1) is 8.92. The Hall–Kier alpha value is -0.0800. The molecule has 2 N–H and O–H groups in total. The summed E-state index contributed by atoms with van der Waals surface area (Å²) in [4.78, 5) is 0. The molecule has 1 aliphatic rings. The zero-order chi connectivity index (χ0) is 6.95. The molecule has 1 aliphatic heterocycles. The smallest absolute Gasteiger partial charge is 0.0466 e. The number of hydrogen-bond acceptors (Lipinski definition) is 2. The van der Waals surface area contributed by atoms with Crippen LogP contribution in [0.25, 0.3) is 0 Å². The van der Waals surface area contributed by atoms with E-state index in [1.807, 2.05) is 6.92 Å². The van der Waals surface area contributed by atoms with Gasteiger partial charge in [-0.2, -0.15) is 0 Å². The van der Waals surface area contributed by atoms with Crippen molar-refractivity contribution in [2.45, 2.75) is 26.2 Å². The minimum atomic E-state index is 0.750. The SMILES string of the molecule is C1CCOCC1.CCN. The Morgan fingerprint density at radius 3 is 1.78 bits per heavy atom. The Morgan fingerprint density at radius 1 is 1.22 bits per heavy atom. The fraction of sp³-hybridized carbons (Fsp3) is 1.00. The van der Waals surface area contributed by atoms with E-state index in [9.17, 15) is 0 Å². The number of ether oxygens (including phenoxy) is 1. The first-order valence-electron chi connectivity index (χ1n) is 3.69. The third-order valence-corrected chi connectivity index (χ3v) is 1.08. The lowest BCUT2D eigenvalue weighted by atomic mass is 10.2. The first-order valence-corrected chi connectivity index (χ1v) is 3.69. The summed E-state index contributed by atoms with van der Waals surface area (Å²) in [6.45, 7) is 4.65. The second-order valence-electron chi connectivity index (χ2n) is 2.08. The van der Waals surface area contributed by atoms with Crippen LogP contribution in [-0.2, 0) is 4.74 Å². The highest BCUT2D eigenvalue weighted by molar-refractivity contribution is 4.45. The van der Waals surface area contributed by atoms with E-state index in [0.29, 0.717) is 0 Å². The van der Waals surface area contributed by atoms with Crippen molar-refractivity contribution in [3.63, 3.8) is 0 Å². The summed E-state index contributed by atoms with van der Waals surface area (Å²) < 4.78 is 5.07. The second-order valence-corrected chi connectivity index (χ2v) is 2.08. The van der Waals surface area contributed by atoms with Gasteiger partial charge in [-0.25, -0.2) is 0 Å². The fourth-order valence-corrected chi connectivity index (χ4v) is 0.687. The van der Waals surface area contributed by atoms with Crippen molar-refractivity contribution in [2.24, 2.45) is 5.73 Å². The van der Waals surface area contributed by atoms with Crippen LogP contribution in [0.2, 0.25) is 0 Å². The van der Waals surface area contributed by atoms with Crippen LogP contribution >= 0.6 is 0 Å². The zero-order valence-corrected chi connectivity index (χ0v) is 6.23. The average molecular weight is 131 g/mol. The van der Waals surface area contributed by atoms with Crippen LogP contribution in [0, 0.1) is 0 Å². The predicted molar refractivity (Wildman–Crippen MR) is 39.4 cm³/mol. The van der Waals surface area contributed by atoms with E-state index >= 15 is 0 Å². The van der Waals surface area contributed by atoms with Gasteiger partial charge in [-0.15, -0.1) is 0 Å². The Bertz CT molecular complexity index is 32.7. The van der Waals surface area contributed by atoms with Crippen molar-refractivity contribution >= 4 is 0 Å². The van der Waals surface area contributed by atoms with Gasteiger partial charge in [0, 0.05) is 13.2 Å². The summed E-state index contributed by atoms with van der Waals surface area (Å²) in [6.07, 6.45) is 3.93. The number of rotatable bonds is 0. The summed E-state index contributed by atoms with van der Waals surface area (Å²) in [7, 11) is 0. The van der Waals surface area contributed by atoms with Crippen LogP contribution in [0.15, 0.2) is 0 Å². The normalized spacial score (nSPS) is 18.0. The molecule has 2 nitrogen and oxygen atoms in total. The predicted octanol–water partition coefficient (Wildman–Crippen LogP) is 1.15. The van der Waals surface area contributed by atoms with Crippen LogP contribution in [0.3, 0.4) is 0 Å². The van der Waals surface area contributed by atoms with Gasteiger partial charge in [0.1, 0.15) is 0 Å². The van der Waals surface area contributed by atoms with Crippen LogP contribution in [-0.4, -0.2) is 19.8 Å². The molecule has 0 radical (unpaired) electrons. The van der Waals surface area contributed by atoms with Gasteiger partial charge >= 0.3 is 0 Å². The molecule has 56 valence electrons. The van der Waals surface area contributed by atoms with Gasteiger partial charge in [0.2, 0.25) is 0 Å². The lowest BCUT2D eigenvalue weighted by Gasteiger charge is -2.08. The average Bonchev–Trinajstić information content (AvgIpc) is 1.93. The molecule has 0 aromatic rings. The molecule has 0 amide bonds. The van der Waals surface area contributed by atoms with E-state index in [4.69, 9.17) is 10.5 Å². The third-order valence-electron chi connectivity index (χ3n) is 1.08. The molecule has 2 heteroatoms. The van der Waals surface area contributed by atoms with Gasteiger partial charge in [0.05, 0.1) is 0 Å². The van der Waals surface area contributed by atoms with Gasteiger partial charge in [0.25, 0.3) is 0 Å². The zero-order valence-electron chi connectivity index (χ0n) is 6.23. The quantitative estimate of drug-likeness (QED) is 0.535. The maximum Gasteiger partial charge on any atom is 0.0466 e. The highest BCUT2D eigenvalue weighted by Gasteiger charge is 1.94. The summed E-state index contributed by atoms with van der Waals surface area (Å²) in [5.74, 6) is 0. The van der Waals surface area contributed by atoms with Crippen molar-refractivity contribution in [1.29, 1.82) is 0 Å². The molecule has 0 unspecified atom stereocenters. The summed E-state index contributed by atoms with van der Waals surface area (Å²) in [5, 5.41) is 0. The van der Waals surface area contributed by atoms with Crippen molar-refractivity contribution in [1.82, 2.24) is 0 Å². The van der Waals surface area contributed by atoms with E-state index in [2.05, 4.69) is 0 Å². The molecular weight excluding hydrogens is 114 g/mol. The van der Waals surface area contributed by atoms with Crippen molar-refractivity contribution in [3.8, 4) is 0 Å². The van der Waals surface area contributed by atoms with Gasteiger partial charge in [0.15, 0.2) is 0 Å². The minimum absolute atomic E-state index is 0.750. The van der Waals surface area contributed by atoms with Crippen LogP contribution in [0.1, 0.15) is 26.2 Å². The fourth-order valence-electron chi connectivity index (χ4n) is 0.687. The van der Waals surface area contributed by atoms with E-state index in [1.54, 1.807) is 0 Å². The highest BCUT2D eigenvalue weighted by atomic mass is 16.5. The molecule has 9 heavy (non-hydrogen) atoms. The lowest BCUT2D eigenvalue weighted by molar-refractivity contribution is 0.0968. The first-order chi connectivity index (χ1) is 4.41. The molecule has 0 saturated carbocycles. The van der Waals surface area contributed by atoms with Gasteiger partial charge in [-0.05, 0) is 25.8 Å². The van der Waals surface area contributed by atoms with E-state index < -0.39 is 0 Å². The summed E-state index contributed by atoms with van der Waals surface area (Å²) in [6, 6.07) is 0. The molecule has 0 bridgehead atoms. The summed E-state index contributed by atoms with van der Waals surface area (Å²) in [5.41, 5.74) is 4.85. The van der Waals surface area contributed by atoms with Gasteiger partial charge in [-0.3, -0.25) is 0 Å². The molecule has 1 fully saturated rings. The van der Waals surface area contributed by atoms with Gasteiger partial charge in [-0.1, -0.05) is 6.92 Å². The molecule has 0 atom stereocenters. The lowest BCUT2D eigenvalue weighted by Crippen LogP contribution is -2.03. The van der Waals surface area contributed by atoms with Crippen molar-refractivity contribution < 1.29 is 4.74 Å². The topological polar surface area (TPSA) is 35.2 Å². The van der Waals surface area contributed by atoms with E-state index in [-0.39, 0.29) is 0 Å². The molecule has 0 aromatic heterocycles. The second kappa shape index (κ2) is 7.92. The van der Waals surface area contributed by atoms with Crippen LogP contribution < -0.4 is 5.73 Å². The maximum atomic E-state index is 5.07. The van der Waals surface area contributed by atoms with E-state index in [0.717, 1.165) is 19.8 Å². The molecule has 1 saturated heterocycles. The standard InChI is InChI=1S/C5H10O.C2H7N/c1-2-4-6-5-3-1;1-2-3/h1-5H2;2-3H2,1H3. The Kier molecular flexibility index (Phi) is 7.85. The largest absolute Gasteiger partial charge is 0.381 e. The van der Waals surface area contributed by atoms with Gasteiger partial charge < -0.3 is 10.5 Å². The molecule has 1 heterocycles. The molecule has 0 aliphatic carbocycles. The highest BCUT2D eigenvalue weighted by Crippen LogP contribution is 2.02. The number of hydrogen-bond donors (Lipinski definition) is 1. The van der Waals surface area contributed by atoms with E-state index in [1.165, 1.54) is 19.3 Å². The molecule has 1 rings (SSSR count). The molecule has 0 spiro atoms. The Morgan fingerprint density at radius 2 is 1.67 bits per heavy atom. The molecule has 0 aromatic carbocycles. The van der Waals surface area contributed by atoms with Crippen molar-refractivity contribution in [3.05, 3.63) is 0 Å². The van der Waals surface area contributed by atoms with Crippen LogP contribution in [0.4, 0.5) is 0 Å². The molecular formula is C7H17NO. The maximum absolute atomic E-state index is 5.07. The van der Waals surface area contributed by atoms with Crippen molar-refractivity contribution in [2.75, 3.05) is 19.8 Å². The number of nitrogens with two attached hydrogens (primary N) is 1. The summed E-state index contributed by atoms with van der Waals surface area (Å²) >= 11 is 0. The van der Waals surface area contributed by atoms with Crippen LogP contribution in [0.5, 0.6) is 0 Å². The monoisotopic (exact) mass is 131 g/mol. The minimum Gasteiger partial charge on any atom is -0.381 e. The Balaban J connectivity index is 0.000000187. The third kappa shape index (κ3) is 7.92. The Labute approximate surface area is 57.4 Å².